The molecule has 0 aliphatic carbocycles. The summed E-state index contributed by atoms with van der Waals surface area (Å²) in [6, 6.07) is 4.43. The zero-order chi connectivity index (χ0) is 18.5. The predicted molar refractivity (Wildman–Crippen MR) is 102 cm³/mol. The number of furan rings is 1. The van der Waals surface area contributed by atoms with E-state index in [0.29, 0.717) is 6.04 Å². The maximum Gasteiger partial charge on any atom is 0.118 e. The van der Waals surface area contributed by atoms with E-state index in [0.717, 1.165) is 69.3 Å². The third kappa shape index (κ3) is 4.75. The lowest BCUT2D eigenvalue weighted by Crippen LogP contribution is -2.52. The number of aliphatic hydroxyl groups excluding tert-OH is 1. The van der Waals surface area contributed by atoms with Crippen LogP contribution < -0.4 is 0 Å². The van der Waals surface area contributed by atoms with E-state index >= 15 is 0 Å². The van der Waals surface area contributed by atoms with Crippen LogP contribution in [-0.4, -0.2) is 57.0 Å². The molecule has 0 unspecified atom stereocenters. The topological polar surface area (TPSA) is 57.7 Å². The summed E-state index contributed by atoms with van der Waals surface area (Å²) in [6.07, 6.45) is 4.09. The lowest BCUT2D eigenvalue weighted by atomic mass is 10.1. The smallest absolute Gasteiger partial charge is 0.118 e. The van der Waals surface area contributed by atoms with Crippen molar-refractivity contribution in [1.82, 2.24) is 19.6 Å². The standard InChI is InChI=1S/C20H32N4O2/c1-4-8-24-13-18(17(3)21-24)12-22-9-10-23(19(14-22)7-11-25)15-20-6-5-16(2)26-20/h5-6,13,19,25H,4,7-12,14-15H2,1-3H3/t19-/m0/s1. The Kier molecular flexibility index (Phi) is 6.51. The van der Waals surface area contributed by atoms with Crippen LogP contribution in [-0.2, 0) is 19.6 Å². The van der Waals surface area contributed by atoms with Gasteiger partial charge in [-0.2, -0.15) is 5.10 Å². The second-order valence-corrected chi connectivity index (χ2v) is 7.39. The molecule has 1 aliphatic rings. The molecule has 1 fully saturated rings. The van der Waals surface area contributed by atoms with Gasteiger partial charge in [0.1, 0.15) is 11.5 Å². The van der Waals surface area contributed by atoms with Gasteiger partial charge in [-0.15, -0.1) is 0 Å². The molecule has 1 saturated heterocycles. The Morgan fingerprint density at radius 3 is 2.77 bits per heavy atom. The van der Waals surface area contributed by atoms with Crippen molar-refractivity contribution in [1.29, 1.82) is 0 Å². The molecule has 1 aliphatic heterocycles. The van der Waals surface area contributed by atoms with E-state index in [1.54, 1.807) is 0 Å². The second-order valence-electron chi connectivity index (χ2n) is 7.39. The molecule has 0 spiro atoms. The highest BCUT2D eigenvalue weighted by Crippen LogP contribution is 2.20. The van der Waals surface area contributed by atoms with E-state index in [2.05, 4.69) is 45.7 Å². The summed E-state index contributed by atoms with van der Waals surface area (Å²) in [4.78, 5) is 4.93. The fourth-order valence-corrected chi connectivity index (χ4v) is 3.80. The number of hydrogen-bond donors (Lipinski definition) is 1. The number of rotatable bonds is 8. The monoisotopic (exact) mass is 360 g/mol. The number of piperazine rings is 1. The highest BCUT2D eigenvalue weighted by Gasteiger charge is 2.27. The summed E-state index contributed by atoms with van der Waals surface area (Å²) in [5, 5.41) is 14.1. The zero-order valence-corrected chi connectivity index (χ0v) is 16.3. The molecule has 2 aromatic heterocycles. The molecule has 144 valence electrons. The van der Waals surface area contributed by atoms with Crippen LogP contribution >= 0.6 is 0 Å². The molecule has 0 radical (unpaired) electrons. The zero-order valence-electron chi connectivity index (χ0n) is 16.3. The minimum Gasteiger partial charge on any atom is -0.465 e. The summed E-state index contributed by atoms with van der Waals surface area (Å²) >= 11 is 0. The molecule has 2 aromatic rings. The summed E-state index contributed by atoms with van der Waals surface area (Å²) in [5.41, 5.74) is 2.45. The van der Waals surface area contributed by atoms with Gasteiger partial charge in [0.05, 0.1) is 12.2 Å². The molecular formula is C20H32N4O2. The van der Waals surface area contributed by atoms with Crippen molar-refractivity contribution in [2.75, 3.05) is 26.2 Å². The predicted octanol–water partition coefficient (Wildman–Crippen LogP) is 2.57. The van der Waals surface area contributed by atoms with Crippen molar-refractivity contribution in [3.8, 4) is 0 Å². The Morgan fingerprint density at radius 2 is 2.08 bits per heavy atom. The van der Waals surface area contributed by atoms with Crippen molar-refractivity contribution in [2.45, 2.75) is 59.3 Å². The average molecular weight is 361 g/mol. The van der Waals surface area contributed by atoms with Crippen molar-refractivity contribution < 1.29 is 9.52 Å². The van der Waals surface area contributed by atoms with E-state index in [9.17, 15) is 5.11 Å². The van der Waals surface area contributed by atoms with Crippen LogP contribution in [0.1, 0.15) is 42.5 Å². The highest BCUT2D eigenvalue weighted by molar-refractivity contribution is 5.15. The third-order valence-electron chi connectivity index (χ3n) is 5.20. The Hall–Kier alpha value is -1.63. The highest BCUT2D eigenvalue weighted by atomic mass is 16.3. The van der Waals surface area contributed by atoms with Gasteiger partial charge in [-0.1, -0.05) is 6.92 Å². The number of aryl methyl sites for hydroxylation is 3. The van der Waals surface area contributed by atoms with E-state index in [1.807, 2.05) is 13.0 Å². The molecular weight excluding hydrogens is 328 g/mol. The van der Waals surface area contributed by atoms with Gasteiger partial charge < -0.3 is 9.52 Å². The van der Waals surface area contributed by atoms with Crippen molar-refractivity contribution in [3.63, 3.8) is 0 Å². The number of aliphatic hydroxyl groups is 1. The summed E-state index contributed by atoms with van der Waals surface area (Å²) in [7, 11) is 0. The van der Waals surface area contributed by atoms with E-state index in [1.165, 1.54) is 5.56 Å². The Labute approximate surface area is 156 Å². The summed E-state index contributed by atoms with van der Waals surface area (Å²) in [6.45, 7) is 12.2. The largest absolute Gasteiger partial charge is 0.465 e. The van der Waals surface area contributed by atoms with Gasteiger partial charge in [-0.05, 0) is 38.8 Å². The molecule has 0 aromatic carbocycles. The number of aromatic nitrogens is 2. The third-order valence-corrected chi connectivity index (χ3v) is 5.20. The van der Waals surface area contributed by atoms with E-state index in [4.69, 9.17) is 4.42 Å². The quantitative estimate of drug-likeness (QED) is 0.784. The Balaban J connectivity index is 1.61. The number of hydrogen-bond acceptors (Lipinski definition) is 5. The lowest BCUT2D eigenvalue weighted by Gasteiger charge is -2.41. The van der Waals surface area contributed by atoms with Crippen LogP contribution in [0, 0.1) is 13.8 Å². The molecule has 1 N–H and O–H groups in total. The van der Waals surface area contributed by atoms with Gasteiger partial charge in [0.15, 0.2) is 0 Å². The van der Waals surface area contributed by atoms with Gasteiger partial charge in [0.2, 0.25) is 0 Å². The lowest BCUT2D eigenvalue weighted by molar-refractivity contribution is 0.0453. The summed E-state index contributed by atoms with van der Waals surface area (Å²) < 4.78 is 7.81. The maximum absolute atomic E-state index is 9.51. The fraction of sp³-hybridized carbons (Fsp3) is 0.650. The molecule has 3 heterocycles. The molecule has 3 rings (SSSR count). The molecule has 26 heavy (non-hydrogen) atoms. The SMILES string of the molecule is CCCn1cc(CN2CCN(Cc3ccc(C)o3)[C@@H](CCO)C2)c(C)n1. The van der Waals surface area contributed by atoms with Crippen LogP contribution in [0.15, 0.2) is 22.7 Å². The second kappa shape index (κ2) is 8.84. The van der Waals surface area contributed by atoms with Gasteiger partial charge in [-0.3, -0.25) is 14.5 Å². The molecule has 0 saturated carbocycles. The van der Waals surface area contributed by atoms with Gasteiger partial charge >= 0.3 is 0 Å². The van der Waals surface area contributed by atoms with Gasteiger partial charge in [-0.25, -0.2) is 0 Å². The van der Waals surface area contributed by atoms with E-state index < -0.39 is 0 Å². The Bertz CT molecular complexity index is 694. The summed E-state index contributed by atoms with van der Waals surface area (Å²) in [5.74, 6) is 1.97. The van der Waals surface area contributed by atoms with Crippen molar-refractivity contribution in [3.05, 3.63) is 41.1 Å². The van der Waals surface area contributed by atoms with E-state index in [-0.39, 0.29) is 6.61 Å². The fourth-order valence-electron chi connectivity index (χ4n) is 3.80. The number of nitrogens with zero attached hydrogens (tertiary/aromatic N) is 4. The normalized spacial score (nSPS) is 19.3. The van der Waals surface area contributed by atoms with Crippen molar-refractivity contribution >= 4 is 0 Å². The first-order valence-electron chi connectivity index (χ1n) is 9.74. The first-order valence-corrected chi connectivity index (χ1v) is 9.74. The average Bonchev–Trinajstić information content (AvgIpc) is 3.16. The first-order chi connectivity index (χ1) is 12.6. The minimum atomic E-state index is 0.222. The van der Waals surface area contributed by atoms with Gasteiger partial charge in [0.25, 0.3) is 0 Å². The first kappa shape index (κ1) is 19.1. The van der Waals surface area contributed by atoms with Crippen LogP contribution in [0.3, 0.4) is 0 Å². The molecule has 0 bridgehead atoms. The van der Waals surface area contributed by atoms with Crippen LogP contribution in [0.5, 0.6) is 0 Å². The van der Waals surface area contributed by atoms with Crippen LogP contribution in [0.2, 0.25) is 0 Å². The van der Waals surface area contributed by atoms with Crippen LogP contribution in [0.4, 0.5) is 0 Å². The minimum absolute atomic E-state index is 0.222. The van der Waals surface area contributed by atoms with Crippen LogP contribution in [0.25, 0.3) is 0 Å². The molecule has 1 atom stereocenters. The van der Waals surface area contributed by atoms with Crippen molar-refractivity contribution in [2.24, 2.45) is 0 Å². The molecule has 0 amide bonds. The molecule has 6 heteroatoms. The molecule has 6 nitrogen and oxygen atoms in total. The maximum atomic E-state index is 9.51. The van der Waals surface area contributed by atoms with Gasteiger partial charge in [0, 0.05) is 57.1 Å². The Morgan fingerprint density at radius 1 is 1.23 bits per heavy atom.